The summed E-state index contributed by atoms with van der Waals surface area (Å²) in [5.41, 5.74) is 4.05. The van der Waals surface area contributed by atoms with E-state index < -0.39 is 10.2 Å². The summed E-state index contributed by atoms with van der Waals surface area (Å²) in [7, 11) is -2.74. The number of carbonyl (C=O) groups is 1. The molecular weight excluding hydrogens is 486 g/mol. The Morgan fingerprint density at radius 2 is 1.86 bits per heavy atom. The molecule has 10 heteroatoms. The van der Waals surface area contributed by atoms with Gasteiger partial charge in [0.2, 0.25) is 0 Å². The number of benzene rings is 2. The van der Waals surface area contributed by atoms with Crippen molar-refractivity contribution < 1.29 is 43.0 Å². The summed E-state index contributed by atoms with van der Waals surface area (Å²) in [5.74, 6) is -0.322. The number of carbonyl (C=O) groups excluding carboxylic acids is 1. The quantitative estimate of drug-likeness (QED) is 0.242. The molecule has 0 saturated carbocycles. The molecule has 9 nitrogen and oxygen atoms in total. The van der Waals surface area contributed by atoms with Gasteiger partial charge in [0.25, 0.3) is 0 Å². The Hall–Kier alpha value is -3.08. The van der Waals surface area contributed by atoms with E-state index in [2.05, 4.69) is 40.6 Å². The number of halogens is 1. The highest BCUT2D eigenvalue weighted by atomic mass is 35.7. The maximum Gasteiger partial charge on any atom is 0.340 e. The molecule has 0 saturated heterocycles. The number of pyridine rings is 1. The van der Waals surface area contributed by atoms with E-state index in [0.29, 0.717) is 12.2 Å². The third kappa shape index (κ3) is 7.22. The van der Waals surface area contributed by atoms with Crippen molar-refractivity contribution in [3.8, 4) is 0 Å². The molecule has 1 aliphatic heterocycles. The highest BCUT2D eigenvalue weighted by Gasteiger charge is 2.16. The topological polar surface area (TPSA) is 150 Å². The summed E-state index contributed by atoms with van der Waals surface area (Å²) in [6.07, 6.45) is 8.89. The van der Waals surface area contributed by atoms with Gasteiger partial charge in [0.15, 0.2) is 5.71 Å². The van der Waals surface area contributed by atoms with Crippen molar-refractivity contribution in [3.63, 3.8) is 0 Å². The third-order valence-corrected chi connectivity index (χ3v) is 6.03. The first kappa shape index (κ1) is 27.5. The van der Waals surface area contributed by atoms with Crippen LogP contribution in [0.1, 0.15) is 49.9 Å². The number of nitrogens with one attached hydrogen (secondary N) is 1. The second-order valence-corrected chi connectivity index (χ2v) is 9.12. The van der Waals surface area contributed by atoms with Gasteiger partial charge in [-0.25, -0.2) is 28.0 Å². The first-order valence-electron chi connectivity index (χ1n) is 11.8. The zero-order valence-electron chi connectivity index (χ0n) is 20.6. The lowest BCUT2D eigenvalue weighted by Gasteiger charge is -2.17. The molecule has 4 aromatic rings. The van der Waals surface area contributed by atoms with Crippen molar-refractivity contribution in [3.05, 3.63) is 54.4 Å². The van der Waals surface area contributed by atoms with E-state index in [-0.39, 0.29) is 5.97 Å². The smallest absolute Gasteiger partial charge is 0.340 e. The van der Waals surface area contributed by atoms with Gasteiger partial charge in [-0.15, -0.1) is 10.2 Å². The Morgan fingerprint density at radius 3 is 2.50 bits per heavy atom. The lowest BCUT2D eigenvalue weighted by molar-refractivity contribution is -2.00. The van der Waals surface area contributed by atoms with Crippen LogP contribution in [0.15, 0.2) is 48.8 Å². The summed E-state index contributed by atoms with van der Waals surface area (Å²) in [6, 6.07) is 12.2. The summed E-state index contributed by atoms with van der Waals surface area (Å²) in [5, 5.41) is 4.05. The fraction of sp³-hybridized carbons (Fsp3) is 0.346. The van der Waals surface area contributed by atoms with Crippen molar-refractivity contribution in [1.29, 1.82) is 0 Å². The Bertz CT molecular complexity index is 1370. The van der Waals surface area contributed by atoms with Gasteiger partial charge in [-0.1, -0.05) is 19.1 Å². The maximum atomic E-state index is 12.2. The molecule has 0 radical (unpaired) electrons. The van der Waals surface area contributed by atoms with Gasteiger partial charge >= 0.3 is 5.97 Å². The lowest BCUT2D eigenvalue weighted by atomic mass is 10.0. The van der Waals surface area contributed by atoms with E-state index in [4.69, 9.17) is 23.4 Å². The molecule has 192 valence electrons. The molecule has 1 N–H and O–H groups in total. The molecule has 0 amide bonds. The molecule has 2 aromatic heterocycles. The number of aromatic amines is 1. The van der Waals surface area contributed by atoms with Crippen LogP contribution in [0.3, 0.4) is 0 Å². The van der Waals surface area contributed by atoms with Gasteiger partial charge in [-0.3, -0.25) is 4.98 Å². The normalized spacial score (nSPS) is 13.8. The van der Waals surface area contributed by atoms with Crippen LogP contribution in [0.2, 0.25) is 0 Å². The molecular formula is C26H30ClN3O6. The number of ether oxygens (including phenoxy) is 1. The first-order chi connectivity index (χ1) is 17.1. The Morgan fingerprint density at radius 1 is 1.11 bits per heavy atom. The van der Waals surface area contributed by atoms with Crippen molar-refractivity contribution >= 4 is 44.3 Å². The van der Waals surface area contributed by atoms with Crippen LogP contribution in [0.5, 0.6) is 0 Å². The van der Waals surface area contributed by atoms with Crippen molar-refractivity contribution in [1.82, 2.24) is 9.97 Å². The summed E-state index contributed by atoms with van der Waals surface area (Å²) < 4.78 is 41.5. The molecule has 0 atom stereocenters. The van der Waals surface area contributed by atoms with E-state index in [9.17, 15) is 4.79 Å². The van der Waals surface area contributed by atoms with E-state index >= 15 is 0 Å². The second-order valence-electron chi connectivity index (χ2n) is 8.36. The lowest BCUT2D eigenvalue weighted by Crippen LogP contribution is -2.68. The fourth-order valence-corrected chi connectivity index (χ4v) is 4.36. The predicted octanol–water partition coefficient (Wildman–Crippen LogP) is 0.954. The Kier molecular flexibility index (Phi) is 9.36. The van der Waals surface area contributed by atoms with E-state index in [1.54, 1.807) is 18.8 Å². The summed E-state index contributed by atoms with van der Waals surface area (Å²) >= 11 is 0. The van der Waals surface area contributed by atoms with Gasteiger partial charge in [-0.2, -0.15) is 0 Å². The molecule has 5 rings (SSSR count). The van der Waals surface area contributed by atoms with Gasteiger partial charge in [0, 0.05) is 42.6 Å². The molecule has 0 unspecified atom stereocenters. The highest BCUT2D eigenvalue weighted by molar-refractivity contribution is 6.18. The van der Waals surface area contributed by atoms with Gasteiger partial charge in [0.05, 0.1) is 17.7 Å². The first-order valence-corrected chi connectivity index (χ1v) is 13.0. The van der Waals surface area contributed by atoms with Gasteiger partial charge in [0.1, 0.15) is 13.6 Å². The van der Waals surface area contributed by atoms with Crippen LogP contribution in [-0.4, -0.2) is 46.4 Å². The number of esters is 1. The van der Waals surface area contributed by atoms with E-state index in [0.717, 1.165) is 32.6 Å². The van der Waals surface area contributed by atoms with Crippen LogP contribution in [0, 0.1) is 10.2 Å². The minimum atomic E-state index is -4.94. The van der Waals surface area contributed by atoms with E-state index in [1.165, 1.54) is 32.2 Å². The predicted molar refractivity (Wildman–Crippen MR) is 127 cm³/mol. The third-order valence-electron chi connectivity index (χ3n) is 6.03. The van der Waals surface area contributed by atoms with Crippen LogP contribution >= 0.6 is 0 Å². The van der Waals surface area contributed by atoms with Crippen molar-refractivity contribution in [2.75, 3.05) is 20.2 Å². The second kappa shape index (κ2) is 12.2. The fourth-order valence-electron chi connectivity index (χ4n) is 4.36. The van der Waals surface area contributed by atoms with Crippen molar-refractivity contribution in [2.24, 2.45) is 0 Å². The zero-order valence-corrected chi connectivity index (χ0v) is 21.3. The Labute approximate surface area is 211 Å². The monoisotopic (exact) mass is 515 g/mol. The SMILES string of the molecule is CCC1=[N+](C)CCCC1.CCOC(=O)c1cnc2ccc3cc4[nH]cccc4cc3c12.[O-][Cl+3]([O-])([O-])[O-]. The number of H-pyrrole nitrogens is 1. The minimum Gasteiger partial charge on any atom is -0.462 e. The molecule has 0 fully saturated rings. The number of rotatable bonds is 3. The average Bonchev–Trinajstić information content (AvgIpc) is 3.28. The largest absolute Gasteiger partial charge is 0.462 e. The van der Waals surface area contributed by atoms with E-state index in [1.807, 2.05) is 30.5 Å². The van der Waals surface area contributed by atoms with Gasteiger partial charge < -0.3 is 9.72 Å². The number of hydrogen-bond acceptors (Lipinski definition) is 7. The number of nitrogens with zero attached hydrogens (tertiary/aromatic N) is 2. The molecule has 2 aromatic carbocycles. The van der Waals surface area contributed by atoms with Crippen molar-refractivity contribution in [2.45, 2.75) is 39.5 Å². The van der Waals surface area contributed by atoms with Crippen LogP contribution in [0.4, 0.5) is 0 Å². The molecule has 0 aliphatic carbocycles. The molecule has 3 heterocycles. The highest BCUT2D eigenvalue weighted by Crippen LogP contribution is 2.31. The minimum absolute atomic E-state index is 0.322. The number of hydrogen-bond donors (Lipinski definition) is 1. The summed E-state index contributed by atoms with van der Waals surface area (Å²) in [6.45, 7) is 5.69. The summed E-state index contributed by atoms with van der Waals surface area (Å²) in [4.78, 5) is 19.7. The standard InChI is InChI=1S/C18H14N2O2.C8H16N.ClHO4/c1-2-22-18(21)14-10-20-15-6-5-11-9-16-12(4-3-7-19-16)8-13(11)17(14)15;1-3-8-6-4-5-7-9(8)2;2-1(3,4)5/h3-10,19H,2H2,1H3;3-7H2,1-2H3;(H,2,3,4,5)/q;+1;/p-1. The van der Waals surface area contributed by atoms with Crippen LogP contribution < -0.4 is 18.6 Å². The Balaban J connectivity index is 0.000000214. The molecule has 0 bridgehead atoms. The molecule has 36 heavy (non-hydrogen) atoms. The number of aromatic nitrogens is 2. The van der Waals surface area contributed by atoms with Crippen LogP contribution in [0.25, 0.3) is 32.6 Å². The molecule has 0 spiro atoms. The average molecular weight is 516 g/mol. The van der Waals surface area contributed by atoms with Crippen LogP contribution in [-0.2, 0) is 4.74 Å². The van der Waals surface area contributed by atoms with Gasteiger partial charge in [-0.05, 0) is 53.8 Å². The number of fused-ring (bicyclic) bond motifs is 4. The zero-order chi connectivity index (χ0) is 26.3. The maximum absolute atomic E-state index is 12.2. The molecule has 1 aliphatic rings.